The number of benzene rings is 1. The van der Waals surface area contributed by atoms with Crippen LogP contribution in [-0.2, 0) is 0 Å². The van der Waals surface area contributed by atoms with Crippen molar-refractivity contribution in [2.24, 2.45) is 0 Å². The highest BCUT2D eigenvalue weighted by Gasteiger charge is 2.11. The number of ether oxygens (including phenoxy) is 1. The van der Waals surface area contributed by atoms with Crippen molar-refractivity contribution in [3.05, 3.63) is 47.9 Å². The molecule has 0 saturated carbocycles. The molecule has 0 spiro atoms. The first-order valence-electron chi connectivity index (χ1n) is 5.43. The third kappa shape index (κ3) is 2.22. The van der Waals surface area contributed by atoms with Gasteiger partial charge < -0.3 is 4.74 Å². The Morgan fingerprint density at radius 3 is 2.72 bits per heavy atom. The van der Waals surface area contributed by atoms with E-state index in [0.717, 1.165) is 0 Å². The molecule has 1 aromatic heterocycles. The molecule has 2 rings (SSSR count). The molecular formula is C14H12FNO2. The zero-order valence-electron chi connectivity index (χ0n) is 10.1. The number of Topliss-reactive ketones (excluding diaryl/α,β-unsaturated/α-hetero) is 1. The topological polar surface area (TPSA) is 39.2 Å². The minimum atomic E-state index is -0.536. The fraction of sp³-hybridized carbons (Fsp3) is 0.143. The van der Waals surface area contributed by atoms with Crippen LogP contribution in [0, 0.1) is 5.82 Å². The first kappa shape index (κ1) is 12.2. The second kappa shape index (κ2) is 4.96. The maximum atomic E-state index is 13.7. The standard InChI is InChI=1S/C14H12FNO2/c1-9(17)11-6-5-10(8-13(11)15)12-4-3-7-16-14(12)18-2/h3-8H,1-2H3. The van der Waals surface area contributed by atoms with Gasteiger partial charge in [-0.3, -0.25) is 4.79 Å². The Morgan fingerprint density at radius 2 is 2.11 bits per heavy atom. The normalized spacial score (nSPS) is 10.2. The Balaban J connectivity index is 2.52. The lowest BCUT2D eigenvalue weighted by Crippen LogP contribution is -1.97. The summed E-state index contributed by atoms with van der Waals surface area (Å²) in [7, 11) is 1.51. The lowest BCUT2D eigenvalue weighted by Gasteiger charge is -2.08. The van der Waals surface area contributed by atoms with Crippen LogP contribution in [0.3, 0.4) is 0 Å². The third-order valence-corrected chi connectivity index (χ3v) is 2.62. The minimum absolute atomic E-state index is 0.0848. The molecule has 0 radical (unpaired) electrons. The summed E-state index contributed by atoms with van der Waals surface area (Å²) in [5.74, 6) is -0.407. The van der Waals surface area contributed by atoms with Crippen molar-refractivity contribution in [1.29, 1.82) is 0 Å². The van der Waals surface area contributed by atoms with Gasteiger partial charge in [0.15, 0.2) is 5.78 Å². The smallest absolute Gasteiger partial charge is 0.221 e. The molecule has 0 aliphatic heterocycles. The molecule has 0 unspecified atom stereocenters. The van der Waals surface area contributed by atoms with Crippen LogP contribution in [0.1, 0.15) is 17.3 Å². The number of nitrogens with zero attached hydrogens (tertiary/aromatic N) is 1. The summed E-state index contributed by atoms with van der Waals surface area (Å²) in [6.45, 7) is 1.34. The molecule has 0 bridgehead atoms. The van der Waals surface area contributed by atoms with Gasteiger partial charge in [0.05, 0.1) is 12.7 Å². The molecular weight excluding hydrogens is 233 g/mol. The quantitative estimate of drug-likeness (QED) is 0.780. The number of ketones is 1. The van der Waals surface area contributed by atoms with Gasteiger partial charge in [0.2, 0.25) is 5.88 Å². The number of hydrogen-bond acceptors (Lipinski definition) is 3. The largest absolute Gasteiger partial charge is 0.481 e. The summed E-state index contributed by atoms with van der Waals surface area (Å²) in [6.07, 6.45) is 1.60. The Morgan fingerprint density at radius 1 is 1.33 bits per heavy atom. The number of rotatable bonds is 3. The highest BCUT2D eigenvalue weighted by atomic mass is 19.1. The Labute approximate surface area is 104 Å². The number of hydrogen-bond donors (Lipinski definition) is 0. The number of pyridine rings is 1. The van der Waals surface area contributed by atoms with Crippen molar-refractivity contribution >= 4 is 5.78 Å². The zero-order chi connectivity index (χ0) is 13.1. The molecule has 0 amide bonds. The van der Waals surface area contributed by atoms with Crippen molar-refractivity contribution < 1.29 is 13.9 Å². The second-order valence-corrected chi connectivity index (χ2v) is 3.81. The monoisotopic (exact) mass is 245 g/mol. The molecule has 2 aromatic rings. The first-order chi connectivity index (χ1) is 8.63. The van der Waals surface area contributed by atoms with Gasteiger partial charge >= 0.3 is 0 Å². The van der Waals surface area contributed by atoms with Gasteiger partial charge in [0.1, 0.15) is 5.82 Å². The molecule has 4 heteroatoms. The van der Waals surface area contributed by atoms with Crippen LogP contribution in [0.5, 0.6) is 5.88 Å². The molecule has 1 aromatic carbocycles. The van der Waals surface area contributed by atoms with Crippen LogP contribution in [0.2, 0.25) is 0 Å². The van der Waals surface area contributed by atoms with Crippen LogP contribution >= 0.6 is 0 Å². The van der Waals surface area contributed by atoms with Gasteiger partial charge in [0, 0.05) is 11.8 Å². The summed E-state index contributed by atoms with van der Waals surface area (Å²) in [5, 5.41) is 0. The molecule has 0 atom stereocenters. The van der Waals surface area contributed by atoms with E-state index in [9.17, 15) is 9.18 Å². The molecule has 0 saturated heterocycles. The van der Waals surface area contributed by atoms with Gasteiger partial charge in [-0.2, -0.15) is 0 Å². The fourth-order valence-electron chi connectivity index (χ4n) is 1.74. The third-order valence-electron chi connectivity index (χ3n) is 2.62. The molecule has 0 aliphatic carbocycles. The number of carbonyl (C=O) groups is 1. The summed E-state index contributed by atoms with van der Waals surface area (Å²) in [6, 6.07) is 8.00. The van der Waals surface area contributed by atoms with Crippen molar-refractivity contribution in [3.8, 4) is 17.0 Å². The van der Waals surface area contributed by atoms with Gasteiger partial charge in [-0.05, 0) is 36.8 Å². The highest BCUT2D eigenvalue weighted by Crippen LogP contribution is 2.28. The fourth-order valence-corrected chi connectivity index (χ4v) is 1.74. The van der Waals surface area contributed by atoms with Crippen LogP contribution < -0.4 is 4.74 Å². The number of methoxy groups -OCH3 is 1. The van der Waals surface area contributed by atoms with Gasteiger partial charge in [-0.15, -0.1) is 0 Å². The lowest BCUT2D eigenvalue weighted by molar-refractivity contribution is 0.101. The van der Waals surface area contributed by atoms with Crippen molar-refractivity contribution in [2.45, 2.75) is 6.92 Å². The molecule has 1 heterocycles. The SMILES string of the molecule is COc1ncccc1-c1ccc(C(C)=O)c(F)c1. The van der Waals surface area contributed by atoms with E-state index in [-0.39, 0.29) is 11.3 Å². The predicted octanol–water partition coefficient (Wildman–Crippen LogP) is 3.10. The lowest BCUT2D eigenvalue weighted by atomic mass is 10.0. The molecule has 0 fully saturated rings. The second-order valence-electron chi connectivity index (χ2n) is 3.81. The summed E-state index contributed by atoms with van der Waals surface area (Å²) >= 11 is 0. The first-order valence-corrected chi connectivity index (χ1v) is 5.43. The van der Waals surface area contributed by atoms with Crippen LogP contribution in [0.4, 0.5) is 4.39 Å². The molecule has 92 valence electrons. The Bertz CT molecular complexity index is 596. The molecule has 18 heavy (non-hydrogen) atoms. The summed E-state index contributed by atoms with van der Waals surface area (Å²) in [4.78, 5) is 15.2. The van der Waals surface area contributed by atoms with Crippen molar-refractivity contribution in [1.82, 2.24) is 4.98 Å². The van der Waals surface area contributed by atoms with E-state index in [4.69, 9.17) is 4.74 Å². The van der Waals surface area contributed by atoms with E-state index in [1.54, 1.807) is 24.4 Å². The number of aromatic nitrogens is 1. The van der Waals surface area contributed by atoms with E-state index in [0.29, 0.717) is 17.0 Å². The van der Waals surface area contributed by atoms with Crippen LogP contribution in [0.15, 0.2) is 36.5 Å². The van der Waals surface area contributed by atoms with Crippen LogP contribution in [-0.4, -0.2) is 17.9 Å². The van der Waals surface area contributed by atoms with E-state index in [2.05, 4.69) is 4.98 Å². The summed E-state index contributed by atoms with van der Waals surface area (Å²) in [5.41, 5.74) is 1.40. The molecule has 3 nitrogen and oxygen atoms in total. The zero-order valence-corrected chi connectivity index (χ0v) is 10.1. The van der Waals surface area contributed by atoms with Gasteiger partial charge in [-0.1, -0.05) is 6.07 Å². The Hall–Kier alpha value is -2.23. The molecule has 0 aliphatic rings. The minimum Gasteiger partial charge on any atom is -0.481 e. The average molecular weight is 245 g/mol. The molecule has 0 N–H and O–H groups in total. The number of halogens is 1. The van der Waals surface area contributed by atoms with Crippen molar-refractivity contribution in [3.63, 3.8) is 0 Å². The van der Waals surface area contributed by atoms with E-state index in [1.165, 1.54) is 26.2 Å². The van der Waals surface area contributed by atoms with E-state index in [1.807, 2.05) is 0 Å². The highest BCUT2D eigenvalue weighted by molar-refractivity contribution is 5.94. The predicted molar refractivity (Wildman–Crippen MR) is 66.2 cm³/mol. The van der Waals surface area contributed by atoms with Crippen molar-refractivity contribution in [2.75, 3.05) is 7.11 Å². The Kier molecular flexibility index (Phi) is 3.37. The maximum absolute atomic E-state index is 13.7. The van der Waals surface area contributed by atoms with Gasteiger partial charge in [0.25, 0.3) is 0 Å². The van der Waals surface area contributed by atoms with Crippen LogP contribution in [0.25, 0.3) is 11.1 Å². The maximum Gasteiger partial charge on any atom is 0.221 e. The number of carbonyl (C=O) groups excluding carboxylic acids is 1. The summed E-state index contributed by atoms with van der Waals surface area (Å²) < 4.78 is 18.9. The van der Waals surface area contributed by atoms with Gasteiger partial charge in [-0.25, -0.2) is 9.37 Å². The average Bonchev–Trinajstić information content (AvgIpc) is 2.38. The van der Waals surface area contributed by atoms with E-state index >= 15 is 0 Å². The van der Waals surface area contributed by atoms with E-state index < -0.39 is 5.82 Å².